The highest BCUT2D eigenvalue weighted by molar-refractivity contribution is 7.92. The van der Waals surface area contributed by atoms with Crippen molar-refractivity contribution in [3.63, 3.8) is 0 Å². The van der Waals surface area contributed by atoms with E-state index >= 15 is 0 Å². The average molecular weight is 689 g/mol. The smallest absolute Gasteiger partial charge is 0.335 e. The van der Waals surface area contributed by atoms with Crippen LogP contribution in [0.3, 0.4) is 0 Å². The summed E-state index contributed by atoms with van der Waals surface area (Å²) in [5, 5.41) is 16.0. The zero-order valence-corrected chi connectivity index (χ0v) is 27.8. The quantitative estimate of drug-likeness (QED) is 0.0956. The summed E-state index contributed by atoms with van der Waals surface area (Å²) in [5.74, 6) is -1.22. The van der Waals surface area contributed by atoms with Crippen molar-refractivity contribution in [3.8, 4) is 11.3 Å². The second-order valence-electron chi connectivity index (χ2n) is 10.9. The Hall–Kier alpha value is -4.55. The number of carboxylic acid groups (broad SMARTS) is 1. The lowest BCUT2D eigenvalue weighted by atomic mass is 9.71. The number of nitrogens with one attached hydrogen (secondary N) is 3. The SMILES string of the molecule is CS(=O)(=O)Nc1ccc(-c2nc(NC(=O)C(CCNCCc3ccc(C(=O)O)cc3)(c3ccccc3)c3ccccc3)sc2Cl)cc1. The number of benzene rings is 4. The Kier molecular flexibility index (Phi) is 10.7. The molecule has 1 heterocycles. The van der Waals surface area contributed by atoms with Gasteiger partial charge in [-0.15, -0.1) is 0 Å². The van der Waals surface area contributed by atoms with Gasteiger partial charge in [0.25, 0.3) is 0 Å². The van der Waals surface area contributed by atoms with Gasteiger partial charge in [-0.1, -0.05) is 108 Å². The largest absolute Gasteiger partial charge is 0.478 e. The fourth-order valence-corrected chi connectivity index (χ4v) is 7.02. The van der Waals surface area contributed by atoms with Crippen molar-refractivity contribution in [1.29, 1.82) is 0 Å². The van der Waals surface area contributed by atoms with E-state index in [4.69, 9.17) is 16.7 Å². The van der Waals surface area contributed by atoms with E-state index in [1.54, 1.807) is 36.4 Å². The molecule has 4 aromatic carbocycles. The Morgan fingerprint density at radius 2 is 1.45 bits per heavy atom. The zero-order valence-electron chi connectivity index (χ0n) is 25.4. The standard InChI is InChI=1S/C35H33ClN4O5S2/c1-47(44,45)40-29-18-16-25(17-19-29)30-31(36)46-34(38-30)39-33(43)35(27-8-4-2-5-9-27,28-10-6-3-7-11-28)21-23-37-22-20-24-12-14-26(15-13-24)32(41)42/h2-19,37,40H,20-23H2,1H3,(H,41,42)(H,38,39,43). The first-order valence-electron chi connectivity index (χ1n) is 14.8. The lowest BCUT2D eigenvalue weighted by Gasteiger charge is -2.33. The Morgan fingerprint density at radius 3 is 2.00 bits per heavy atom. The van der Waals surface area contributed by atoms with Crippen LogP contribution >= 0.6 is 22.9 Å². The molecule has 0 spiro atoms. The van der Waals surface area contributed by atoms with E-state index in [0.29, 0.717) is 52.3 Å². The molecule has 5 aromatic rings. The monoisotopic (exact) mass is 688 g/mol. The number of hydrogen-bond acceptors (Lipinski definition) is 7. The highest BCUT2D eigenvalue weighted by Gasteiger charge is 2.42. The molecule has 0 bridgehead atoms. The van der Waals surface area contributed by atoms with Gasteiger partial charge in [0.2, 0.25) is 15.9 Å². The summed E-state index contributed by atoms with van der Waals surface area (Å²) in [4.78, 5) is 30.3. The van der Waals surface area contributed by atoms with Crippen LogP contribution in [0.25, 0.3) is 11.3 Å². The van der Waals surface area contributed by atoms with Crippen LogP contribution in [0.5, 0.6) is 0 Å². The third-order valence-electron chi connectivity index (χ3n) is 7.66. The molecule has 4 N–H and O–H groups in total. The molecule has 0 saturated heterocycles. The summed E-state index contributed by atoms with van der Waals surface area (Å²) in [6.07, 6.45) is 2.21. The van der Waals surface area contributed by atoms with Crippen LogP contribution in [0.15, 0.2) is 109 Å². The van der Waals surface area contributed by atoms with E-state index in [1.165, 1.54) is 0 Å². The van der Waals surface area contributed by atoms with Crippen LogP contribution in [0.2, 0.25) is 4.34 Å². The van der Waals surface area contributed by atoms with Crippen LogP contribution in [0.4, 0.5) is 10.8 Å². The van der Waals surface area contributed by atoms with E-state index in [2.05, 4.69) is 20.3 Å². The molecule has 0 aliphatic heterocycles. The minimum absolute atomic E-state index is 0.247. The predicted molar refractivity (Wildman–Crippen MR) is 188 cm³/mol. The predicted octanol–water partition coefficient (Wildman–Crippen LogP) is 6.68. The van der Waals surface area contributed by atoms with Gasteiger partial charge in [0, 0.05) is 11.3 Å². The van der Waals surface area contributed by atoms with Gasteiger partial charge in [0.05, 0.1) is 11.8 Å². The molecule has 242 valence electrons. The second-order valence-corrected chi connectivity index (χ2v) is 14.3. The number of aromatic nitrogens is 1. The maximum atomic E-state index is 14.5. The molecule has 0 aliphatic carbocycles. The lowest BCUT2D eigenvalue weighted by molar-refractivity contribution is -0.120. The van der Waals surface area contributed by atoms with Crippen molar-refractivity contribution in [3.05, 3.63) is 136 Å². The number of aromatic carboxylic acids is 1. The Bertz CT molecular complexity index is 1890. The van der Waals surface area contributed by atoms with E-state index in [9.17, 15) is 18.0 Å². The van der Waals surface area contributed by atoms with E-state index in [1.807, 2.05) is 72.8 Å². The fourth-order valence-electron chi connectivity index (χ4n) is 5.37. The molecule has 0 radical (unpaired) electrons. The van der Waals surface area contributed by atoms with E-state index < -0.39 is 21.4 Å². The number of carbonyl (C=O) groups excluding carboxylic acids is 1. The van der Waals surface area contributed by atoms with Crippen molar-refractivity contribution in [2.24, 2.45) is 0 Å². The van der Waals surface area contributed by atoms with Gasteiger partial charge >= 0.3 is 5.97 Å². The normalized spacial score (nSPS) is 11.6. The number of rotatable bonds is 14. The fraction of sp³-hybridized carbons (Fsp3) is 0.171. The number of carboxylic acids is 1. The number of halogens is 1. The molecular weight excluding hydrogens is 656 g/mol. The van der Waals surface area contributed by atoms with Crippen molar-refractivity contribution < 1.29 is 23.1 Å². The average Bonchev–Trinajstić information content (AvgIpc) is 3.42. The number of carbonyl (C=O) groups is 2. The van der Waals surface area contributed by atoms with Crippen molar-refractivity contribution >= 4 is 55.7 Å². The molecule has 5 rings (SSSR count). The molecule has 0 atom stereocenters. The zero-order chi connectivity index (χ0) is 33.4. The van der Waals surface area contributed by atoms with Crippen molar-refractivity contribution in [1.82, 2.24) is 10.3 Å². The van der Waals surface area contributed by atoms with Crippen LogP contribution in [-0.2, 0) is 26.7 Å². The number of sulfonamides is 1. The highest BCUT2D eigenvalue weighted by atomic mass is 35.5. The molecule has 0 aliphatic rings. The highest BCUT2D eigenvalue weighted by Crippen LogP contribution is 2.40. The Morgan fingerprint density at radius 1 is 0.851 bits per heavy atom. The maximum absolute atomic E-state index is 14.5. The molecule has 0 unspecified atom stereocenters. The first kappa shape index (κ1) is 33.8. The van der Waals surface area contributed by atoms with Gasteiger partial charge in [-0.2, -0.15) is 0 Å². The second kappa shape index (κ2) is 14.9. The topological polar surface area (TPSA) is 137 Å². The lowest BCUT2D eigenvalue weighted by Crippen LogP contribution is -2.44. The Labute approximate surface area is 282 Å². The molecule has 9 nitrogen and oxygen atoms in total. The minimum atomic E-state index is -3.42. The van der Waals surface area contributed by atoms with Gasteiger partial charge in [0.15, 0.2) is 5.13 Å². The summed E-state index contributed by atoms with van der Waals surface area (Å²) in [6.45, 7) is 1.15. The first-order chi connectivity index (χ1) is 22.5. The number of thiazole rings is 1. The van der Waals surface area contributed by atoms with Crippen LogP contribution in [-0.4, -0.2) is 49.7 Å². The summed E-state index contributed by atoms with van der Waals surface area (Å²) in [6, 6.07) is 32.7. The van der Waals surface area contributed by atoms with Crippen LogP contribution in [0, 0.1) is 0 Å². The van der Waals surface area contributed by atoms with Gasteiger partial charge in [-0.25, -0.2) is 18.2 Å². The number of anilines is 2. The summed E-state index contributed by atoms with van der Waals surface area (Å²) >= 11 is 7.75. The van der Waals surface area contributed by atoms with Gasteiger partial charge in [0.1, 0.15) is 15.4 Å². The maximum Gasteiger partial charge on any atom is 0.335 e. The Balaban J connectivity index is 1.38. The molecule has 0 saturated carbocycles. The first-order valence-corrected chi connectivity index (χ1v) is 17.8. The summed E-state index contributed by atoms with van der Waals surface area (Å²) in [5.41, 5.74) is 3.39. The summed E-state index contributed by atoms with van der Waals surface area (Å²) < 4.78 is 26.0. The van der Waals surface area contributed by atoms with Crippen molar-refractivity contribution in [2.45, 2.75) is 18.3 Å². The molecule has 47 heavy (non-hydrogen) atoms. The molecule has 1 aromatic heterocycles. The molecule has 12 heteroatoms. The van der Waals surface area contributed by atoms with Gasteiger partial charge in [-0.05, 0) is 66.9 Å². The third kappa shape index (κ3) is 8.44. The molecular formula is C35H33ClN4O5S2. The van der Waals surface area contributed by atoms with E-state index in [0.717, 1.165) is 34.3 Å². The molecule has 0 fully saturated rings. The van der Waals surface area contributed by atoms with Gasteiger partial charge in [-0.3, -0.25) is 9.52 Å². The number of amides is 1. The van der Waals surface area contributed by atoms with Crippen molar-refractivity contribution in [2.75, 3.05) is 29.4 Å². The summed E-state index contributed by atoms with van der Waals surface area (Å²) in [7, 11) is -3.42. The third-order valence-corrected chi connectivity index (χ3v) is 9.43. The number of hydrogen-bond donors (Lipinski definition) is 4. The van der Waals surface area contributed by atoms with Crippen LogP contribution in [0.1, 0.15) is 33.5 Å². The molecule has 1 amide bonds. The van der Waals surface area contributed by atoms with E-state index in [-0.39, 0.29) is 11.5 Å². The minimum Gasteiger partial charge on any atom is -0.478 e. The van der Waals surface area contributed by atoms with Crippen LogP contribution < -0.4 is 15.4 Å². The number of nitrogens with zero attached hydrogens (tertiary/aromatic N) is 1. The van der Waals surface area contributed by atoms with Gasteiger partial charge < -0.3 is 15.7 Å².